The van der Waals surface area contributed by atoms with Gasteiger partial charge in [-0.25, -0.2) is 0 Å². The maximum Gasteiger partial charge on any atom is 0.250 e. The molecule has 0 fully saturated rings. The minimum absolute atomic E-state index is 0.0591. The summed E-state index contributed by atoms with van der Waals surface area (Å²) in [7, 11) is 0. The first-order chi connectivity index (χ1) is 9.19. The number of hydrogen-bond donors (Lipinski definition) is 1. The van der Waals surface area contributed by atoms with Gasteiger partial charge in [0.15, 0.2) is 0 Å². The van der Waals surface area contributed by atoms with E-state index in [2.05, 4.69) is 5.32 Å². The van der Waals surface area contributed by atoms with Crippen molar-refractivity contribution in [2.75, 3.05) is 5.32 Å². The van der Waals surface area contributed by atoms with Crippen LogP contribution in [0.1, 0.15) is 5.56 Å². The smallest absolute Gasteiger partial charge is 0.250 e. The van der Waals surface area contributed by atoms with Crippen molar-refractivity contribution in [3.63, 3.8) is 0 Å². The summed E-state index contributed by atoms with van der Waals surface area (Å²) in [5, 5.41) is 11.4. The molecule has 1 N–H and O–H groups in total. The van der Waals surface area contributed by atoms with E-state index in [0.29, 0.717) is 11.3 Å². The molecule has 5 heteroatoms. The SMILES string of the molecule is N#Cc1cccc(NC(=O)Cn2ccccc2=O)c1. The summed E-state index contributed by atoms with van der Waals surface area (Å²) < 4.78 is 1.31. The zero-order valence-electron chi connectivity index (χ0n) is 10.0. The van der Waals surface area contributed by atoms with E-state index in [1.807, 2.05) is 6.07 Å². The van der Waals surface area contributed by atoms with Crippen LogP contribution >= 0.6 is 0 Å². The van der Waals surface area contributed by atoms with E-state index in [4.69, 9.17) is 5.26 Å². The normalized spacial score (nSPS) is 9.63. The highest BCUT2D eigenvalue weighted by Crippen LogP contribution is 2.09. The second kappa shape index (κ2) is 5.65. The molecule has 94 valence electrons. The third-order valence-electron chi connectivity index (χ3n) is 2.49. The molecule has 0 radical (unpaired) electrons. The van der Waals surface area contributed by atoms with Crippen LogP contribution in [0.2, 0.25) is 0 Å². The summed E-state index contributed by atoms with van der Waals surface area (Å²) in [4.78, 5) is 23.2. The van der Waals surface area contributed by atoms with Gasteiger partial charge in [0.25, 0.3) is 5.56 Å². The summed E-state index contributed by atoms with van der Waals surface area (Å²) in [6, 6.07) is 13.3. The molecular formula is C14H11N3O2. The van der Waals surface area contributed by atoms with Crippen LogP contribution in [0.25, 0.3) is 0 Å². The number of anilines is 1. The average Bonchev–Trinajstić information content (AvgIpc) is 2.41. The standard InChI is InChI=1S/C14H11N3O2/c15-9-11-4-3-5-12(8-11)16-13(18)10-17-7-2-1-6-14(17)19/h1-8H,10H2,(H,16,18). The fourth-order valence-corrected chi connectivity index (χ4v) is 1.61. The number of pyridine rings is 1. The number of nitrogens with zero attached hydrogens (tertiary/aromatic N) is 2. The number of amides is 1. The van der Waals surface area contributed by atoms with Crippen LogP contribution in [0.3, 0.4) is 0 Å². The van der Waals surface area contributed by atoms with E-state index in [1.165, 1.54) is 10.6 Å². The quantitative estimate of drug-likeness (QED) is 0.897. The molecule has 0 spiro atoms. The number of hydrogen-bond acceptors (Lipinski definition) is 3. The van der Waals surface area contributed by atoms with Crippen LogP contribution < -0.4 is 10.9 Å². The Bertz CT molecular complexity index is 698. The van der Waals surface area contributed by atoms with Crippen molar-refractivity contribution < 1.29 is 4.79 Å². The lowest BCUT2D eigenvalue weighted by molar-refractivity contribution is -0.116. The molecule has 1 aromatic carbocycles. The summed E-state index contributed by atoms with van der Waals surface area (Å²) in [5.41, 5.74) is 0.770. The van der Waals surface area contributed by atoms with Gasteiger partial charge in [-0.05, 0) is 24.3 Å². The second-order valence-corrected chi connectivity index (χ2v) is 3.91. The Morgan fingerprint density at radius 1 is 1.26 bits per heavy atom. The van der Waals surface area contributed by atoms with Gasteiger partial charge in [0.2, 0.25) is 5.91 Å². The Balaban J connectivity index is 2.08. The molecule has 0 saturated carbocycles. The average molecular weight is 253 g/mol. The highest BCUT2D eigenvalue weighted by atomic mass is 16.2. The van der Waals surface area contributed by atoms with Crippen molar-refractivity contribution in [3.8, 4) is 6.07 Å². The number of carbonyl (C=O) groups excluding carboxylic acids is 1. The predicted octanol–water partition coefficient (Wildman–Crippen LogP) is 1.36. The van der Waals surface area contributed by atoms with E-state index < -0.39 is 0 Å². The van der Waals surface area contributed by atoms with Gasteiger partial charge < -0.3 is 9.88 Å². The number of carbonyl (C=O) groups is 1. The highest BCUT2D eigenvalue weighted by Gasteiger charge is 2.04. The molecule has 1 aromatic heterocycles. The van der Waals surface area contributed by atoms with Gasteiger partial charge in [0.05, 0.1) is 11.6 Å². The first-order valence-corrected chi connectivity index (χ1v) is 5.64. The Morgan fingerprint density at radius 3 is 2.84 bits per heavy atom. The van der Waals surface area contributed by atoms with Gasteiger partial charge in [0.1, 0.15) is 6.54 Å². The maximum absolute atomic E-state index is 11.8. The van der Waals surface area contributed by atoms with Crippen LogP contribution in [-0.2, 0) is 11.3 Å². The van der Waals surface area contributed by atoms with Crippen LogP contribution in [0, 0.1) is 11.3 Å². The fourth-order valence-electron chi connectivity index (χ4n) is 1.61. The number of benzene rings is 1. The fraction of sp³-hybridized carbons (Fsp3) is 0.0714. The molecule has 0 aliphatic carbocycles. The lowest BCUT2D eigenvalue weighted by Gasteiger charge is -2.07. The van der Waals surface area contributed by atoms with Crippen molar-refractivity contribution in [2.24, 2.45) is 0 Å². The molecule has 0 saturated heterocycles. The van der Waals surface area contributed by atoms with Gasteiger partial charge in [-0.3, -0.25) is 9.59 Å². The van der Waals surface area contributed by atoms with Crippen LogP contribution in [-0.4, -0.2) is 10.5 Å². The Kier molecular flexibility index (Phi) is 3.74. The number of nitrogens with one attached hydrogen (secondary N) is 1. The van der Waals surface area contributed by atoms with Crippen molar-refractivity contribution in [3.05, 3.63) is 64.6 Å². The molecule has 0 unspecified atom stereocenters. The summed E-state index contributed by atoms with van der Waals surface area (Å²) in [6.07, 6.45) is 1.55. The lowest BCUT2D eigenvalue weighted by atomic mass is 10.2. The summed E-state index contributed by atoms with van der Waals surface area (Å²) >= 11 is 0. The topological polar surface area (TPSA) is 74.9 Å². The minimum atomic E-state index is -0.316. The van der Waals surface area contributed by atoms with Crippen molar-refractivity contribution in [1.82, 2.24) is 4.57 Å². The molecule has 2 rings (SSSR count). The van der Waals surface area contributed by atoms with E-state index in [1.54, 1.807) is 42.6 Å². The van der Waals surface area contributed by atoms with E-state index in [0.717, 1.165) is 0 Å². The van der Waals surface area contributed by atoms with Gasteiger partial charge in [-0.2, -0.15) is 5.26 Å². The first kappa shape index (κ1) is 12.6. The van der Waals surface area contributed by atoms with Crippen LogP contribution in [0.15, 0.2) is 53.5 Å². The first-order valence-electron chi connectivity index (χ1n) is 5.64. The van der Waals surface area contributed by atoms with Crippen molar-refractivity contribution in [1.29, 1.82) is 5.26 Å². The third kappa shape index (κ3) is 3.30. The zero-order chi connectivity index (χ0) is 13.7. The second-order valence-electron chi connectivity index (χ2n) is 3.91. The van der Waals surface area contributed by atoms with E-state index in [-0.39, 0.29) is 18.0 Å². The Hall–Kier alpha value is -2.87. The molecule has 19 heavy (non-hydrogen) atoms. The number of aromatic nitrogens is 1. The molecule has 1 heterocycles. The molecule has 0 atom stereocenters. The summed E-state index contributed by atoms with van der Waals surface area (Å²) in [6.45, 7) is -0.0591. The Morgan fingerprint density at radius 2 is 2.11 bits per heavy atom. The van der Waals surface area contributed by atoms with Crippen molar-refractivity contribution in [2.45, 2.75) is 6.54 Å². The van der Waals surface area contributed by atoms with Gasteiger partial charge in [0, 0.05) is 18.0 Å². The largest absolute Gasteiger partial charge is 0.324 e. The number of nitriles is 1. The third-order valence-corrected chi connectivity index (χ3v) is 2.49. The molecule has 0 aliphatic heterocycles. The lowest BCUT2D eigenvalue weighted by Crippen LogP contribution is -2.26. The number of rotatable bonds is 3. The van der Waals surface area contributed by atoms with Crippen LogP contribution in [0.5, 0.6) is 0 Å². The van der Waals surface area contributed by atoms with Crippen molar-refractivity contribution >= 4 is 11.6 Å². The Labute approximate surface area is 109 Å². The molecule has 1 amide bonds. The van der Waals surface area contributed by atoms with E-state index >= 15 is 0 Å². The molecule has 0 bridgehead atoms. The van der Waals surface area contributed by atoms with Gasteiger partial charge in [-0.15, -0.1) is 0 Å². The van der Waals surface area contributed by atoms with Gasteiger partial charge >= 0.3 is 0 Å². The van der Waals surface area contributed by atoms with E-state index in [9.17, 15) is 9.59 Å². The predicted molar refractivity (Wildman–Crippen MR) is 70.5 cm³/mol. The molecule has 5 nitrogen and oxygen atoms in total. The zero-order valence-corrected chi connectivity index (χ0v) is 10.0. The molecular weight excluding hydrogens is 242 g/mol. The molecule has 2 aromatic rings. The molecule has 0 aliphatic rings. The maximum atomic E-state index is 11.8. The summed E-state index contributed by atoms with van der Waals surface area (Å²) in [5.74, 6) is -0.316. The van der Waals surface area contributed by atoms with Gasteiger partial charge in [-0.1, -0.05) is 12.1 Å². The van der Waals surface area contributed by atoms with Crippen LogP contribution in [0.4, 0.5) is 5.69 Å². The monoisotopic (exact) mass is 253 g/mol. The highest BCUT2D eigenvalue weighted by molar-refractivity contribution is 5.90. The minimum Gasteiger partial charge on any atom is -0.324 e.